The molecule has 3 aromatic rings. The van der Waals surface area contributed by atoms with Crippen molar-refractivity contribution in [2.75, 3.05) is 12.3 Å². The lowest BCUT2D eigenvalue weighted by molar-refractivity contribution is -0.118. The Morgan fingerprint density at radius 2 is 1.85 bits per heavy atom. The minimum absolute atomic E-state index is 0.0836. The molecule has 0 bridgehead atoms. The maximum Gasteiger partial charge on any atom is 0.230 e. The Morgan fingerprint density at radius 1 is 1.12 bits per heavy atom. The topological polar surface area (TPSA) is 44.9 Å². The number of rotatable bonds is 6. The van der Waals surface area contributed by atoms with Crippen molar-refractivity contribution < 1.29 is 13.6 Å². The highest BCUT2D eigenvalue weighted by atomic mass is 32.2. The van der Waals surface area contributed by atoms with Gasteiger partial charge >= 0.3 is 0 Å². The highest BCUT2D eigenvalue weighted by Gasteiger charge is 2.14. The third-order valence-electron chi connectivity index (χ3n) is 4.31. The zero-order chi connectivity index (χ0) is 18.7. The zero-order valence-electron chi connectivity index (χ0n) is 14.7. The van der Waals surface area contributed by atoms with Crippen molar-refractivity contribution in [1.29, 1.82) is 0 Å². The van der Waals surface area contributed by atoms with Crippen LogP contribution in [0.5, 0.6) is 0 Å². The molecule has 0 radical (unpaired) electrons. The van der Waals surface area contributed by atoms with Gasteiger partial charge in [0.25, 0.3) is 0 Å². The molecule has 26 heavy (non-hydrogen) atoms. The number of carbonyl (C=O) groups excluding carboxylic acids is 1. The van der Waals surface area contributed by atoms with Gasteiger partial charge in [-0.2, -0.15) is 0 Å². The molecule has 136 valence electrons. The van der Waals surface area contributed by atoms with E-state index in [1.807, 2.05) is 13.8 Å². The number of hydrogen-bond acceptors (Lipinski definition) is 2. The van der Waals surface area contributed by atoms with Crippen LogP contribution in [0, 0.1) is 25.5 Å². The molecular weight excluding hydrogens is 354 g/mol. The number of carbonyl (C=O) groups is 1. The molecule has 0 fully saturated rings. The number of hydrogen-bond donors (Lipinski definition) is 2. The summed E-state index contributed by atoms with van der Waals surface area (Å²) in [7, 11) is 0. The highest BCUT2D eigenvalue weighted by molar-refractivity contribution is 8.00. The molecule has 1 amide bonds. The summed E-state index contributed by atoms with van der Waals surface area (Å²) in [5.41, 5.74) is 3.49. The van der Waals surface area contributed by atoms with Gasteiger partial charge in [0, 0.05) is 22.5 Å². The smallest absolute Gasteiger partial charge is 0.230 e. The van der Waals surface area contributed by atoms with E-state index in [2.05, 4.69) is 10.3 Å². The lowest BCUT2D eigenvalue weighted by atomic mass is 10.0. The van der Waals surface area contributed by atoms with Gasteiger partial charge in [0.15, 0.2) is 0 Å². The maximum atomic E-state index is 14.0. The Labute approximate surface area is 155 Å². The number of benzene rings is 2. The fourth-order valence-corrected chi connectivity index (χ4v) is 3.74. The Hall–Kier alpha value is -2.34. The Kier molecular flexibility index (Phi) is 5.61. The van der Waals surface area contributed by atoms with E-state index in [9.17, 15) is 13.6 Å². The van der Waals surface area contributed by atoms with Crippen molar-refractivity contribution in [1.82, 2.24) is 10.3 Å². The van der Waals surface area contributed by atoms with Gasteiger partial charge in [-0.3, -0.25) is 4.79 Å². The van der Waals surface area contributed by atoms with Gasteiger partial charge < -0.3 is 10.3 Å². The zero-order valence-corrected chi connectivity index (χ0v) is 15.5. The summed E-state index contributed by atoms with van der Waals surface area (Å²) in [6.45, 7) is 4.35. The standard InChI is InChI=1S/C20H20F2N2OS/c1-12-3-8-17(22)20-19(12)16(13(2)24-20)9-10-23-18(25)11-26-15-6-4-14(21)5-7-15/h3-8,24H,9-11H2,1-2H3,(H,23,25). The Bertz CT molecular complexity index is 935. The average Bonchev–Trinajstić information content (AvgIpc) is 2.96. The molecule has 3 nitrogen and oxygen atoms in total. The minimum Gasteiger partial charge on any atom is -0.356 e. The summed E-state index contributed by atoms with van der Waals surface area (Å²) in [6.07, 6.45) is 0.628. The fourth-order valence-electron chi connectivity index (χ4n) is 3.01. The lowest BCUT2D eigenvalue weighted by Gasteiger charge is -2.07. The van der Waals surface area contributed by atoms with Gasteiger partial charge in [0.2, 0.25) is 5.91 Å². The van der Waals surface area contributed by atoms with E-state index in [4.69, 9.17) is 0 Å². The number of H-pyrrole nitrogens is 1. The van der Waals surface area contributed by atoms with Crippen LogP contribution in [0.2, 0.25) is 0 Å². The lowest BCUT2D eigenvalue weighted by Crippen LogP contribution is -2.27. The van der Waals surface area contributed by atoms with Gasteiger partial charge in [-0.15, -0.1) is 11.8 Å². The first-order chi connectivity index (χ1) is 12.5. The second-order valence-electron chi connectivity index (χ2n) is 6.19. The van der Waals surface area contributed by atoms with E-state index < -0.39 is 0 Å². The summed E-state index contributed by atoms with van der Waals surface area (Å²) in [5, 5.41) is 3.79. The second-order valence-corrected chi connectivity index (χ2v) is 7.23. The van der Waals surface area contributed by atoms with Crippen molar-refractivity contribution in [3.63, 3.8) is 0 Å². The van der Waals surface area contributed by atoms with Gasteiger partial charge in [0.1, 0.15) is 11.6 Å². The van der Waals surface area contributed by atoms with Gasteiger partial charge in [-0.05, 0) is 61.7 Å². The van der Waals surface area contributed by atoms with Crippen molar-refractivity contribution in [3.05, 3.63) is 64.9 Å². The second kappa shape index (κ2) is 7.91. The van der Waals surface area contributed by atoms with E-state index in [1.54, 1.807) is 18.2 Å². The third-order valence-corrected chi connectivity index (χ3v) is 5.32. The van der Waals surface area contributed by atoms with Crippen LogP contribution in [-0.2, 0) is 11.2 Å². The summed E-state index contributed by atoms with van der Waals surface area (Å²) in [6, 6.07) is 9.29. The van der Waals surface area contributed by atoms with Crippen LogP contribution < -0.4 is 5.32 Å². The SMILES string of the molecule is Cc1[nH]c2c(F)ccc(C)c2c1CCNC(=O)CSc1ccc(F)cc1. The van der Waals surface area contributed by atoms with Crippen LogP contribution in [0.1, 0.15) is 16.8 Å². The van der Waals surface area contributed by atoms with Gasteiger partial charge in [-0.1, -0.05) is 6.07 Å². The van der Waals surface area contributed by atoms with E-state index >= 15 is 0 Å². The van der Waals surface area contributed by atoms with E-state index in [-0.39, 0.29) is 23.3 Å². The first-order valence-corrected chi connectivity index (χ1v) is 9.35. The van der Waals surface area contributed by atoms with E-state index in [0.29, 0.717) is 18.5 Å². The maximum absolute atomic E-state index is 14.0. The number of aromatic amines is 1. The van der Waals surface area contributed by atoms with Crippen LogP contribution in [0.3, 0.4) is 0 Å². The van der Waals surface area contributed by atoms with Gasteiger partial charge in [-0.25, -0.2) is 8.78 Å². The minimum atomic E-state index is -0.292. The van der Waals surface area contributed by atoms with Gasteiger partial charge in [0.05, 0.1) is 11.3 Å². The van der Waals surface area contributed by atoms with Crippen molar-refractivity contribution in [3.8, 4) is 0 Å². The van der Waals surface area contributed by atoms with Crippen LogP contribution in [0.25, 0.3) is 10.9 Å². The number of aromatic nitrogens is 1. The largest absolute Gasteiger partial charge is 0.356 e. The predicted molar refractivity (Wildman–Crippen MR) is 102 cm³/mol. The van der Waals surface area contributed by atoms with Crippen molar-refractivity contribution in [2.45, 2.75) is 25.2 Å². The summed E-state index contributed by atoms with van der Waals surface area (Å²) in [5.74, 6) is -0.370. The highest BCUT2D eigenvalue weighted by Crippen LogP contribution is 2.27. The Morgan fingerprint density at radius 3 is 2.58 bits per heavy atom. The molecule has 1 heterocycles. The molecule has 0 saturated heterocycles. The molecule has 0 aliphatic carbocycles. The molecule has 0 saturated carbocycles. The van der Waals surface area contributed by atoms with E-state index in [1.165, 1.54) is 30.0 Å². The number of halogens is 2. The Balaban J connectivity index is 1.57. The molecule has 0 aliphatic heterocycles. The molecule has 0 spiro atoms. The first-order valence-electron chi connectivity index (χ1n) is 8.37. The first kappa shape index (κ1) is 18.5. The summed E-state index contributed by atoms with van der Waals surface area (Å²) in [4.78, 5) is 16.0. The molecule has 2 N–H and O–H groups in total. The molecular formula is C20H20F2N2OS. The summed E-state index contributed by atoms with van der Waals surface area (Å²) < 4.78 is 26.8. The summed E-state index contributed by atoms with van der Waals surface area (Å²) >= 11 is 1.36. The van der Waals surface area contributed by atoms with Crippen molar-refractivity contribution >= 4 is 28.6 Å². The van der Waals surface area contributed by atoms with Crippen LogP contribution in [0.4, 0.5) is 8.78 Å². The molecule has 1 aromatic heterocycles. The average molecular weight is 374 g/mol. The van der Waals surface area contributed by atoms with Crippen molar-refractivity contribution in [2.24, 2.45) is 0 Å². The molecule has 0 aliphatic rings. The number of aryl methyl sites for hydroxylation is 2. The molecule has 3 rings (SSSR count). The normalized spacial score (nSPS) is 11.1. The van der Waals surface area contributed by atoms with Crippen LogP contribution in [-0.4, -0.2) is 23.2 Å². The molecule has 6 heteroatoms. The number of amides is 1. The number of thioether (sulfide) groups is 1. The molecule has 0 unspecified atom stereocenters. The number of fused-ring (bicyclic) bond motifs is 1. The number of nitrogens with one attached hydrogen (secondary N) is 2. The predicted octanol–water partition coefficient (Wildman–Crippen LogP) is 4.51. The quantitative estimate of drug-likeness (QED) is 0.624. The van der Waals surface area contributed by atoms with E-state index in [0.717, 1.165) is 27.1 Å². The fraction of sp³-hybridized carbons (Fsp3) is 0.250. The van der Waals surface area contributed by atoms with Crippen LogP contribution in [0.15, 0.2) is 41.3 Å². The molecule has 0 atom stereocenters. The molecule has 2 aromatic carbocycles. The third kappa shape index (κ3) is 4.07. The van der Waals surface area contributed by atoms with Crippen LogP contribution >= 0.6 is 11.8 Å². The monoisotopic (exact) mass is 374 g/mol.